The van der Waals surface area contributed by atoms with Crippen LogP contribution in [-0.2, 0) is 9.53 Å². The van der Waals surface area contributed by atoms with Gasteiger partial charge in [-0.2, -0.15) is 5.10 Å². The number of nitrogens with zero attached hydrogens (tertiary/aromatic N) is 1. The minimum absolute atomic E-state index is 0.227. The molecule has 1 heterocycles. The van der Waals surface area contributed by atoms with E-state index in [-0.39, 0.29) is 11.7 Å². The van der Waals surface area contributed by atoms with Crippen molar-refractivity contribution in [2.45, 2.75) is 11.9 Å². The Hall–Kier alpha value is -1.17. The largest absolute Gasteiger partial charge is 0.468 e. The number of hydrogen-bond donors (Lipinski definition) is 2. The number of aromatic amines is 1. The first-order valence-corrected chi connectivity index (χ1v) is 4.63. The van der Waals surface area contributed by atoms with E-state index in [0.717, 1.165) is 5.69 Å². The van der Waals surface area contributed by atoms with E-state index in [1.54, 1.807) is 0 Å². The zero-order valence-electron chi connectivity index (χ0n) is 7.46. The first-order valence-electron chi connectivity index (χ1n) is 3.65. The summed E-state index contributed by atoms with van der Waals surface area (Å²) >= 11 is 1.26. The minimum atomic E-state index is -0.287. The quantitative estimate of drug-likeness (QED) is 0.552. The maximum absolute atomic E-state index is 10.8. The predicted molar refractivity (Wildman–Crippen MR) is 50.5 cm³/mol. The van der Waals surface area contributed by atoms with Crippen molar-refractivity contribution < 1.29 is 9.53 Å². The summed E-state index contributed by atoms with van der Waals surface area (Å²) in [6.07, 6.45) is 0. The minimum Gasteiger partial charge on any atom is -0.468 e. The topological polar surface area (TPSA) is 81.0 Å². The van der Waals surface area contributed by atoms with Crippen LogP contribution in [0.25, 0.3) is 0 Å². The molecular weight excluding hydrogens is 190 g/mol. The number of esters is 1. The molecule has 0 spiro atoms. The molecule has 0 fully saturated rings. The molecule has 1 aromatic heterocycles. The number of methoxy groups -OCH3 is 1. The van der Waals surface area contributed by atoms with Gasteiger partial charge in [0.25, 0.3) is 0 Å². The van der Waals surface area contributed by atoms with Gasteiger partial charge >= 0.3 is 5.97 Å². The lowest BCUT2D eigenvalue weighted by atomic mass is 10.4. The standard InChI is InChI=1S/C7H11N3O2S/c1-4-6(8)7(10-9-4)13-3-5(11)12-2/h3,8H2,1-2H3,(H,9,10). The van der Waals surface area contributed by atoms with Crippen LogP contribution in [-0.4, -0.2) is 29.0 Å². The molecule has 0 saturated carbocycles. The highest BCUT2D eigenvalue weighted by Crippen LogP contribution is 2.24. The smallest absolute Gasteiger partial charge is 0.316 e. The number of carbonyl (C=O) groups is 1. The van der Waals surface area contributed by atoms with Crippen LogP contribution in [0.2, 0.25) is 0 Å². The average Bonchev–Trinajstić information content (AvgIpc) is 2.44. The summed E-state index contributed by atoms with van der Waals surface area (Å²) < 4.78 is 4.48. The lowest BCUT2D eigenvalue weighted by molar-refractivity contribution is -0.137. The molecule has 0 aliphatic carbocycles. The molecule has 13 heavy (non-hydrogen) atoms. The maximum atomic E-state index is 10.8. The molecule has 1 rings (SSSR count). The van der Waals surface area contributed by atoms with E-state index >= 15 is 0 Å². The summed E-state index contributed by atoms with van der Waals surface area (Å²) in [7, 11) is 1.35. The summed E-state index contributed by atoms with van der Waals surface area (Å²) in [6, 6.07) is 0. The Morgan fingerprint density at radius 1 is 1.77 bits per heavy atom. The molecule has 0 bridgehead atoms. The predicted octanol–water partition coefficient (Wildman–Crippen LogP) is 0.565. The average molecular weight is 201 g/mol. The molecule has 3 N–H and O–H groups in total. The molecule has 0 amide bonds. The molecule has 5 nitrogen and oxygen atoms in total. The third-order valence-electron chi connectivity index (χ3n) is 1.51. The zero-order chi connectivity index (χ0) is 9.84. The number of ether oxygens (including phenoxy) is 1. The highest BCUT2D eigenvalue weighted by atomic mass is 32.2. The Labute approximate surface area is 80.0 Å². The Morgan fingerprint density at radius 3 is 2.92 bits per heavy atom. The number of rotatable bonds is 3. The fraction of sp³-hybridized carbons (Fsp3) is 0.429. The second-order valence-electron chi connectivity index (χ2n) is 2.43. The van der Waals surface area contributed by atoms with E-state index < -0.39 is 0 Å². The van der Waals surface area contributed by atoms with Crippen molar-refractivity contribution in [2.24, 2.45) is 0 Å². The second-order valence-corrected chi connectivity index (χ2v) is 3.40. The number of nitrogen functional groups attached to an aromatic ring is 1. The van der Waals surface area contributed by atoms with Crippen molar-refractivity contribution >= 4 is 23.4 Å². The molecule has 72 valence electrons. The molecule has 0 unspecified atom stereocenters. The fourth-order valence-electron chi connectivity index (χ4n) is 0.712. The lowest BCUT2D eigenvalue weighted by Crippen LogP contribution is -2.03. The van der Waals surface area contributed by atoms with E-state index in [4.69, 9.17) is 5.73 Å². The van der Waals surface area contributed by atoms with Gasteiger partial charge in [-0.15, -0.1) is 0 Å². The van der Waals surface area contributed by atoms with E-state index in [9.17, 15) is 4.79 Å². The Morgan fingerprint density at radius 2 is 2.46 bits per heavy atom. The first kappa shape index (κ1) is 9.91. The van der Waals surface area contributed by atoms with E-state index in [2.05, 4.69) is 14.9 Å². The number of aryl methyl sites for hydroxylation is 1. The van der Waals surface area contributed by atoms with Gasteiger partial charge in [-0.3, -0.25) is 9.89 Å². The van der Waals surface area contributed by atoms with E-state index in [1.807, 2.05) is 6.92 Å². The first-order chi connectivity index (χ1) is 6.15. The molecule has 0 saturated heterocycles. The number of hydrogen-bond acceptors (Lipinski definition) is 5. The summed E-state index contributed by atoms with van der Waals surface area (Å²) in [5.41, 5.74) is 7.07. The number of nitrogens with two attached hydrogens (primary N) is 1. The number of anilines is 1. The van der Waals surface area contributed by atoms with Crippen LogP contribution in [0.3, 0.4) is 0 Å². The van der Waals surface area contributed by atoms with Crippen LogP contribution in [0, 0.1) is 6.92 Å². The summed E-state index contributed by atoms with van der Waals surface area (Å²) in [5.74, 6) is -0.0598. The number of H-pyrrole nitrogens is 1. The van der Waals surface area contributed by atoms with Gasteiger partial charge in [0.1, 0.15) is 5.03 Å². The van der Waals surface area contributed by atoms with Gasteiger partial charge in [0, 0.05) is 0 Å². The Balaban J connectivity index is 2.55. The molecular formula is C7H11N3O2S. The molecule has 0 aliphatic rings. The van der Waals surface area contributed by atoms with Crippen molar-refractivity contribution in [1.82, 2.24) is 10.2 Å². The monoisotopic (exact) mass is 201 g/mol. The Bertz CT molecular complexity index is 311. The van der Waals surface area contributed by atoms with Crippen molar-refractivity contribution in [3.05, 3.63) is 5.69 Å². The summed E-state index contributed by atoms with van der Waals surface area (Å²) in [5, 5.41) is 7.30. The maximum Gasteiger partial charge on any atom is 0.316 e. The molecule has 0 aliphatic heterocycles. The second kappa shape index (κ2) is 4.18. The molecule has 0 atom stereocenters. The zero-order valence-corrected chi connectivity index (χ0v) is 8.27. The normalized spacial score (nSPS) is 10.0. The number of nitrogens with one attached hydrogen (secondary N) is 1. The van der Waals surface area contributed by atoms with Gasteiger partial charge in [-0.05, 0) is 6.92 Å². The van der Waals surface area contributed by atoms with Crippen LogP contribution in [0.5, 0.6) is 0 Å². The number of aromatic nitrogens is 2. The lowest BCUT2D eigenvalue weighted by Gasteiger charge is -1.97. The molecule has 1 aromatic rings. The molecule has 0 aromatic carbocycles. The molecule has 0 radical (unpaired) electrons. The van der Waals surface area contributed by atoms with Crippen LogP contribution >= 0.6 is 11.8 Å². The third-order valence-corrected chi connectivity index (χ3v) is 2.48. The van der Waals surface area contributed by atoms with Gasteiger partial charge in [0.05, 0.1) is 24.2 Å². The number of thioether (sulfide) groups is 1. The van der Waals surface area contributed by atoms with Crippen LogP contribution in [0.1, 0.15) is 5.69 Å². The summed E-state index contributed by atoms with van der Waals surface area (Å²) in [6.45, 7) is 1.82. The van der Waals surface area contributed by atoms with Gasteiger partial charge in [-0.1, -0.05) is 11.8 Å². The highest BCUT2D eigenvalue weighted by Gasteiger charge is 2.09. The fourth-order valence-corrected chi connectivity index (χ4v) is 1.50. The van der Waals surface area contributed by atoms with Gasteiger partial charge in [0.2, 0.25) is 0 Å². The summed E-state index contributed by atoms with van der Waals surface area (Å²) in [4.78, 5) is 10.8. The van der Waals surface area contributed by atoms with Crippen LogP contribution in [0.15, 0.2) is 5.03 Å². The SMILES string of the molecule is COC(=O)CSc1n[nH]c(C)c1N. The van der Waals surface area contributed by atoms with E-state index in [1.165, 1.54) is 18.9 Å². The third kappa shape index (κ3) is 2.38. The van der Waals surface area contributed by atoms with Crippen molar-refractivity contribution in [2.75, 3.05) is 18.6 Å². The van der Waals surface area contributed by atoms with Crippen molar-refractivity contribution in [3.8, 4) is 0 Å². The van der Waals surface area contributed by atoms with Crippen LogP contribution in [0.4, 0.5) is 5.69 Å². The van der Waals surface area contributed by atoms with Gasteiger partial charge in [0.15, 0.2) is 0 Å². The number of carbonyl (C=O) groups excluding carboxylic acids is 1. The van der Waals surface area contributed by atoms with Gasteiger partial charge < -0.3 is 10.5 Å². The van der Waals surface area contributed by atoms with Crippen LogP contribution < -0.4 is 5.73 Å². The Kier molecular flexibility index (Phi) is 3.18. The van der Waals surface area contributed by atoms with Crippen molar-refractivity contribution in [1.29, 1.82) is 0 Å². The van der Waals surface area contributed by atoms with Gasteiger partial charge in [-0.25, -0.2) is 0 Å². The highest BCUT2D eigenvalue weighted by molar-refractivity contribution is 8.00. The van der Waals surface area contributed by atoms with Crippen molar-refractivity contribution in [3.63, 3.8) is 0 Å². The van der Waals surface area contributed by atoms with E-state index in [0.29, 0.717) is 10.7 Å². The molecule has 6 heteroatoms.